The Balaban J connectivity index is 2.37. The number of nitrogens with two attached hydrogens (primary N) is 1. The molecule has 0 saturated carbocycles. The first-order chi connectivity index (χ1) is 9.25. The summed E-state index contributed by atoms with van der Waals surface area (Å²) >= 11 is 6.29. The van der Waals surface area contributed by atoms with Crippen molar-refractivity contribution in [3.8, 4) is 0 Å². The van der Waals surface area contributed by atoms with Crippen LogP contribution in [0.15, 0.2) is 33.3 Å². The summed E-state index contributed by atoms with van der Waals surface area (Å²) in [5.41, 5.74) is 4.96. The summed E-state index contributed by atoms with van der Waals surface area (Å²) in [6.45, 7) is 0. The smallest absolute Gasteiger partial charge is 0.383 e. The van der Waals surface area contributed by atoms with Gasteiger partial charge in [-0.05, 0) is 50.1 Å². The number of rotatable bonds is 2. The van der Waals surface area contributed by atoms with Crippen LogP contribution in [0.3, 0.4) is 0 Å². The fraction of sp³-hybridized carbons (Fsp3) is 0.0909. The number of hydrogen-bond acceptors (Lipinski definition) is 4. The first kappa shape index (κ1) is 15.0. The molecule has 3 N–H and O–H groups in total. The van der Waals surface area contributed by atoms with Gasteiger partial charge in [0.25, 0.3) is 0 Å². The number of anilines is 3. The van der Waals surface area contributed by atoms with Crippen molar-refractivity contribution < 1.29 is 13.2 Å². The van der Waals surface area contributed by atoms with E-state index in [9.17, 15) is 13.2 Å². The number of halogens is 5. The van der Waals surface area contributed by atoms with Crippen molar-refractivity contribution in [3.63, 3.8) is 0 Å². The Morgan fingerprint density at radius 1 is 1.10 bits per heavy atom. The highest BCUT2D eigenvalue weighted by molar-refractivity contribution is 9.10. The Morgan fingerprint density at radius 3 is 2.40 bits per heavy atom. The van der Waals surface area contributed by atoms with Crippen LogP contribution < -0.4 is 11.1 Å². The molecule has 2 rings (SSSR count). The lowest BCUT2D eigenvalue weighted by atomic mass is 10.2. The highest BCUT2D eigenvalue weighted by Crippen LogP contribution is 2.34. The number of nitrogens with zero attached hydrogens (tertiary/aromatic N) is 2. The Labute approximate surface area is 128 Å². The summed E-state index contributed by atoms with van der Waals surface area (Å²) < 4.78 is 38.9. The highest BCUT2D eigenvalue weighted by Gasteiger charge is 2.31. The SMILES string of the molecule is Nc1cc(Br)nc(Nc2cc(C(F)(F)F)ccc2Br)n1. The quantitative estimate of drug-likeness (QED) is 0.721. The molecule has 2 aromatic rings. The van der Waals surface area contributed by atoms with Gasteiger partial charge in [0.1, 0.15) is 10.4 Å². The molecule has 0 radical (unpaired) electrons. The van der Waals surface area contributed by atoms with E-state index < -0.39 is 11.7 Å². The molecule has 0 bridgehead atoms. The van der Waals surface area contributed by atoms with E-state index in [0.29, 0.717) is 9.08 Å². The van der Waals surface area contributed by atoms with Gasteiger partial charge in [-0.1, -0.05) is 0 Å². The second kappa shape index (κ2) is 5.57. The summed E-state index contributed by atoms with van der Waals surface area (Å²) in [6, 6.07) is 4.72. The number of nitrogen functional groups attached to an aromatic ring is 1. The molecule has 0 unspecified atom stereocenters. The second-order valence-corrected chi connectivity index (χ2v) is 5.42. The third-order valence-corrected chi connectivity index (χ3v) is 3.35. The monoisotopic (exact) mass is 410 g/mol. The summed E-state index contributed by atoms with van der Waals surface area (Å²) in [7, 11) is 0. The summed E-state index contributed by atoms with van der Waals surface area (Å²) in [5.74, 6) is 0.286. The van der Waals surface area contributed by atoms with E-state index in [1.807, 2.05) is 0 Å². The third-order valence-electron chi connectivity index (χ3n) is 2.25. The van der Waals surface area contributed by atoms with E-state index in [4.69, 9.17) is 5.73 Å². The van der Waals surface area contributed by atoms with Crippen molar-refractivity contribution in [2.45, 2.75) is 6.18 Å². The number of hydrogen-bond donors (Lipinski definition) is 2. The minimum absolute atomic E-state index is 0.0944. The van der Waals surface area contributed by atoms with Gasteiger partial charge in [0.2, 0.25) is 5.95 Å². The highest BCUT2D eigenvalue weighted by atomic mass is 79.9. The van der Waals surface area contributed by atoms with E-state index in [2.05, 4.69) is 47.1 Å². The molecule has 4 nitrogen and oxygen atoms in total. The van der Waals surface area contributed by atoms with Gasteiger partial charge in [-0.2, -0.15) is 18.2 Å². The predicted molar refractivity (Wildman–Crippen MR) is 76.6 cm³/mol. The van der Waals surface area contributed by atoms with Crippen LogP contribution in [0.2, 0.25) is 0 Å². The van der Waals surface area contributed by atoms with Crippen LogP contribution >= 0.6 is 31.9 Å². The molecule has 0 amide bonds. The maximum Gasteiger partial charge on any atom is 0.416 e. The first-order valence-electron chi connectivity index (χ1n) is 5.19. The van der Waals surface area contributed by atoms with E-state index in [1.165, 1.54) is 12.1 Å². The molecule has 1 heterocycles. The first-order valence-corrected chi connectivity index (χ1v) is 6.78. The van der Waals surface area contributed by atoms with Gasteiger partial charge in [-0.25, -0.2) is 4.98 Å². The van der Waals surface area contributed by atoms with Crippen molar-refractivity contribution in [2.75, 3.05) is 11.1 Å². The Hall–Kier alpha value is -1.35. The molecular formula is C11H7Br2F3N4. The summed E-state index contributed by atoms with van der Waals surface area (Å²) in [5, 5.41) is 2.69. The second-order valence-electron chi connectivity index (χ2n) is 3.76. The molecule has 9 heteroatoms. The van der Waals surface area contributed by atoms with Crippen LogP contribution in [0.1, 0.15) is 5.56 Å². The minimum atomic E-state index is -4.42. The van der Waals surface area contributed by atoms with Gasteiger partial charge in [-0.15, -0.1) is 0 Å². The molecule has 0 aliphatic carbocycles. The maximum absolute atomic E-state index is 12.7. The predicted octanol–water partition coefficient (Wildman–Crippen LogP) is 4.35. The Morgan fingerprint density at radius 2 is 1.80 bits per heavy atom. The Kier molecular flexibility index (Phi) is 4.19. The van der Waals surface area contributed by atoms with Crippen LogP contribution in [0.25, 0.3) is 0 Å². The molecule has 0 aliphatic rings. The van der Waals surface area contributed by atoms with E-state index >= 15 is 0 Å². The average molecular weight is 412 g/mol. The largest absolute Gasteiger partial charge is 0.416 e. The molecule has 0 aliphatic heterocycles. The lowest BCUT2D eigenvalue weighted by Gasteiger charge is -2.12. The van der Waals surface area contributed by atoms with Crippen LogP contribution in [-0.4, -0.2) is 9.97 Å². The molecule has 0 saturated heterocycles. The molecule has 20 heavy (non-hydrogen) atoms. The van der Waals surface area contributed by atoms with Crippen molar-refractivity contribution in [1.82, 2.24) is 9.97 Å². The molecule has 1 aromatic carbocycles. The van der Waals surface area contributed by atoms with Gasteiger partial charge >= 0.3 is 6.18 Å². The average Bonchev–Trinajstić information content (AvgIpc) is 2.29. The number of nitrogens with one attached hydrogen (secondary N) is 1. The van der Waals surface area contributed by atoms with E-state index in [1.54, 1.807) is 0 Å². The molecule has 0 fully saturated rings. The Bertz CT molecular complexity index is 626. The lowest BCUT2D eigenvalue weighted by Crippen LogP contribution is -2.06. The topological polar surface area (TPSA) is 63.8 Å². The van der Waals surface area contributed by atoms with Gasteiger partial charge in [-0.3, -0.25) is 0 Å². The number of alkyl halides is 3. The van der Waals surface area contributed by atoms with Crippen molar-refractivity contribution in [3.05, 3.63) is 38.9 Å². The molecule has 0 spiro atoms. The van der Waals surface area contributed by atoms with Gasteiger partial charge in [0.05, 0.1) is 11.3 Å². The minimum Gasteiger partial charge on any atom is -0.383 e. The fourth-order valence-electron chi connectivity index (χ4n) is 1.41. The number of aromatic nitrogens is 2. The zero-order valence-corrected chi connectivity index (χ0v) is 12.8. The standard InChI is InChI=1S/C11H7Br2F3N4/c12-6-2-1-5(11(14,15)16)3-7(6)18-10-19-8(13)4-9(17)20-10/h1-4H,(H3,17,18,19,20). The van der Waals surface area contributed by atoms with Crippen LogP contribution in [0, 0.1) is 0 Å². The molecular weight excluding hydrogens is 405 g/mol. The van der Waals surface area contributed by atoms with Crippen molar-refractivity contribution in [2.24, 2.45) is 0 Å². The molecule has 0 atom stereocenters. The van der Waals surface area contributed by atoms with E-state index in [0.717, 1.165) is 12.1 Å². The van der Waals surface area contributed by atoms with Crippen LogP contribution in [-0.2, 0) is 6.18 Å². The van der Waals surface area contributed by atoms with Crippen LogP contribution in [0.4, 0.5) is 30.6 Å². The van der Waals surface area contributed by atoms with E-state index in [-0.39, 0.29) is 17.5 Å². The molecule has 106 valence electrons. The zero-order valence-electron chi connectivity index (χ0n) is 9.67. The number of benzene rings is 1. The third kappa shape index (κ3) is 3.60. The summed E-state index contributed by atoms with van der Waals surface area (Å²) in [6.07, 6.45) is -4.42. The maximum atomic E-state index is 12.7. The van der Waals surface area contributed by atoms with Gasteiger partial charge < -0.3 is 11.1 Å². The normalized spacial score (nSPS) is 11.4. The lowest BCUT2D eigenvalue weighted by molar-refractivity contribution is -0.137. The zero-order chi connectivity index (χ0) is 14.9. The van der Waals surface area contributed by atoms with Gasteiger partial charge in [0, 0.05) is 10.5 Å². The molecule has 1 aromatic heterocycles. The fourth-order valence-corrected chi connectivity index (χ4v) is 2.16. The van der Waals surface area contributed by atoms with Crippen molar-refractivity contribution in [1.29, 1.82) is 0 Å². The van der Waals surface area contributed by atoms with Gasteiger partial charge in [0.15, 0.2) is 0 Å². The van der Waals surface area contributed by atoms with Crippen molar-refractivity contribution >= 4 is 49.3 Å². The van der Waals surface area contributed by atoms with Crippen LogP contribution in [0.5, 0.6) is 0 Å². The summed E-state index contributed by atoms with van der Waals surface area (Å²) in [4.78, 5) is 7.86.